The van der Waals surface area contributed by atoms with Gasteiger partial charge in [0.25, 0.3) is 0 Å². The number of amides is 2. The van der Waals surface area contributed by atoms with Crippen LogP contribution in [0.5, 0.6) is 0 Å². The van der Waals surface area contributed by atoms with Gasteiger partial charge < -0.3 is 5.11 Å². The number of piperidine rings is 1. The van der Waals surface area contributed by atoms with Crippen molar-refractivity contribution >= 4 is 23.9 Å². The maximum atomic E-state index is 11.9. The van der Waals surface area contributed by atoms with Gasteiger partial charge in [-0.05, 0) is 23.1 Å². The van der Waals surface area contributed by atoms with Crippen molar-refractivity contribution in [2.45, 2.75) is 26.3 Å². The number of carbonyl (C=O) groups excluding carboxylic acids is 2. The van der Waals surface area contributed by atoms with E-state index in [-0.39, 0.29) is 24.3 Å². The average molecular weight is 287 g/mol. The summed E-state index contributed by atoms with van der Waals surface area (Å²) in [6.45, 7) is 2.17. The Labute approximate surface area is 122 Å². The van der Waals surface area contributed by atoms with E-state index >= 15 is 0 Å². The van der Waals surface area contributed by atoms with Crippen molar-refractivity contribution < 1.29 is 19.5 Å². The maximum absolute atomic E-state index is 11.9. The summed E-state index contributed by atoms with van der Waals surface area (Å²) in [4.78, 5) is 35.5. The lowest BCUT2D eigenvalue weighted by molar-refractivity contribution is -0.150. The molecule has 0 bridgehead atoms. The third-order valence-electron chi connectivity index (χ3n) is 3.39. The smallest absolute Gasteiger partial charge is 0.328 e. The fraction of sp³-hybridized carbons (Fsp3) is 0.312. The molecule has 21 heavy (non-hydrogen) atoms. The first-order valence-corrected chi connectivity index (χ1v) is 6.79. The number of hydrogen-bond donors (Lipinski definition) is 1. The lowest BCUT2D eigenvalue weighted by Gasteiger charge is -2.28. The summed E-state index contributed by atoms with van der Waals surface area (Å²) in [5, 5.41) is 8.56. The van der Waals surface area contributed by atoms with Crippen molar-refractivity contribution in [3.8, 4) is 0 Å². The number of aliphatic carboxylic acids is 1. The van der Waals surface area contributed by atoms with Gasteiger partial charge in [0.2, 0.25) is 11.8 Å². The Morgan fingerprint density at radius 2 is 1.81 bits per heavy atom. The van der Waals surface area contributed by atoms with Crippen molar-refractivity contribution in [2.75, 3.05) is 0 Å². The van der Waals surface area contributed by atoms with Gasteiger partial charge in [-0.1, -0.05) is 31.2 Å². The molecule has 0 unspecified atom stereocenters. The molecule has 1 fully saturated rings. The number of nitrogens with zero attached hydrogens (tertiary/aromatic N) is 1. The first kappa shape index (κ1) is 15.0. The molecule has 1 aromatic rings. The minimum absolute atomic E-state index is 0.116. The number of carbonyl (C=O) groups is 3. The van der Waals surface area contributed by atoms with E-state index in [1.807, 2.05) is 6.92 Å². The molecule has 2 amide bonds. The zero-order chi connectivity index (χ0) is 15.4. The van der Waals surface area contributed by atoms with Crippen molar-refractivity contribution in [3.63, 3.8) is 0 Å². The quantitative estimate of drug-likeness (QED) is 0.679. The van der Waals surface area contributed by atoms with Gasteiger partial charge in [0.05, 0.1) is 6.54 Å². The molecule has 1 aromatic carbocycles. The van der Waals surface area contributed by atoms with Gasteiger partial charge in [-0.2, -0.15) is 0 Å². The highest BCUT2D eigenvalue weighted by Gasteiger charge is 2.29. The summed E-state index contributed by atoms with van der Waals surface area (Å²) in [6, 6.07) is 7.10. The number of likely N-dealkylation sites (tertiary alicyclic amines) is 1. The van der Waals surface area contributed by atoms with E-state index < -0.39 is 5.97 Å². The molecule has 0 aromatic heterocycles. The Morgan fingerprint density at radius 3 is 2.33 bits per heavy atom. The molecule has 1 aliphatic rings. The van der Waals surface area contributed by atoms with Crippen molar-refractivity contribution in [1.82, 2.24) is 4.90 Å². The van der Waals surface area contributed by atoms with Crippen LogP contribution in [0, 0.1) is 5.92 Å². The summed E-state index contributed by atoms with van der Waals surface area (Å²) < 4.78 is 0. The predicted molar refractivity (Wildman–Crippen MR) is 77.1 cm³/mol. The van der Waals surface area contributed by atoms with E-state index in [2.05, 4.69) is 0 Å². The molecule has 5 nitrogen and oxygen atoms in total. The first-order valence-electron chi connectivity index (χ1n) is 6.79. The summed E-state index contributed by atoms with van der Waals surface area (Å²) >= 11 is 0. The van der Waals surface area contributed by atoms with E-state index in [1.54, 1.807) is 24.3 Å². The van der Waals surface area contributed by atoms with Crippen LogP contribution < -0.4 is 0 Å². The third kappa shape index (κ3) is 4.02. The van der Waals surface area contributed by atoms with Crippen LogP contribution in [-0.4, -0.2) is 27.8 Å². The lowest BCUT2D eigenvalue weighted by atomic mass is 9.97. The zero-order valence-electron chi connectivity index (χ0n) is 11.8. The molecule has 110 valence electrons. The van der Waals surface area contributed by atoms with Crippen LogP contribution >= 0.6 is 0 Å². The summed E-state index contributed by atoms with van der Waals surface area (Å²) in [6.07, 6.45) is 3.37. The van der Waals surface area contributed by atoms with Crippen LogP contribution in [0.2, 0.25) is 0 Å². The molecule has 1 heterocycles. The lowest BCUT2D eigenvalue weighted by Crippen LogP contribution is -2.42. The Bertz CT molecular complexity index is 571. The number of imide groups is 1. The minimum atomic E-state index is -1.00. The maximum Gasteiger partial charge on any atom is 0.328 e. The molecule has 0 spiro atoms. The van der Waals surface area contributed by atoms with Gasteiger partial charge in [-0.15, -0.1) is 0 Å². The van der Waals surface area contributed by atoms with Gasteiger partial charge >= 0.3 is 5.97 Å². The first-order chi connectivity index (χ1) is 9.95. The van der Waals surface area contributed by atoms with Crippen molar-refractivity contribution in [1.29, 1.82) is 0 Å². The van der Waals surface area contributed by atoms with Crippen molar-refractivity contribution in [3.05, 3.63) is 41.5 Å². The van der Waals surface area contributed by atoms with Gasteiger partial charge in [-0.25, -0.2) is 4.79 Å². The van der Waals surface area contributed by atoms with Crippen LogP contribution in [-0.2, 0) is 20.9 Å². The summed E-state index contributed by atoms with van der Waals surface area (Å²) in [5.74, 6) is -1.15. The molecule has 0 atom stereocenters. The number of hydrogen-bond acceptors (Lipinski definition) is 3. The highest BCUT2D eigenvalue weighted by Crippen LogP contribution is 2.21. The van der Waals surface area contributed by atoms with E-state index in [4.69, 9.17) is 5.11 Å². The molecular weight excluding hydrogens is 270 g/mol. The SMILES string of the molecule is CC1CC(=O)N(Cc2ccc(C=CC(=O)O)cc2)C(=O)C1. The Hall–Kier alpha value is -2.43. The molecule has 0 saturated carbocycles. The average Bonchev–Trinajstić information content (AvgIpc) is 2.41. The second-order valence-corrected chi connectivity index (χ2v) is 5.30. The largest absolute Gasteiger partial charge is 0.478 e. The Balaban J connectivity index is 2.05. The van der Waals surface area contributed by atoms with E-state index in [1.165, 1.54) is 11.0 Å². The molecule has 0 aliphatic carbocycles. The Morgan fingerprint density at radius 1 is 1.24 bits per heavy atom. The highest BCUT2D eigenvalue weighted by atomic mass is 16.4. The van der Waals surface area contributed by atoms with Crippen LogP contribution in [0.15, 0.2) is 30.3 Å². The second-order valence-electron chi connectivity index (χ2n) is 5.30. The molecule has 1 aliphatic heterocycles. The van der Waals surface area contributed by atoms with E-state index in [0.717, 1.165) is 17.2 Å². The zero-order valence-corrected chi connectivity index (χ0v) is 11.8. The minimum Gasteiger partial charge on any atom is -0.478 e. The van der Waals surface area contributed by atoms with E-state index in [0.29, 0.717) is 12.8 Å². The van der Waals surface area contributed by atoms with Crippen molar-refractivity contribution in [2.24, 2.45) is 5.92 Å². The molecular formula is C16H17NO4. The van der Waals surface area contributed by atoms with Gasteiger partial charge in [0.1, 0.15) is 0 Å². The fourth-order valence-corrected chi connectivity index (χ4v) is 2.29. The topological polar surface area (TPSA) is 74.7 Å². The van der Waals surface area contributed by atoms with Gasteiger partial charge in [0, 0.05) is 18.9 Å². The van der Waals surface area contributed by atoms with Crippen LogP contribution in [0.1, 0.15) is 30.9 Å². The fourth-order valence-electron chi connectivity index (χ4n) is 2.29. The molecule has 1 saturated heterocycles. The summed E-state index contributed by atoms with van der Waals surface area (Å²) in [5.41, 5.74) is 1.60. The monoisotopic (exact) mass is 287 g/mol. The molecule has 5 heteroatoms. The number of rotatable bonds is 4. The molecule has 2 rings (SSSR count). The van der Waals surface area contributed by atoms with E-state index in [9.17, 15) is 14.4 Å². The summed E-state index contributed by atoms with van der Waals surface area (Å²) in [7, 11) is 0. The van der Waals surface area contributed by atoms with Crippen LogP contribution in [0.25, 0.3) is 6.08 Å². The van der Waals surface area contributed by atoms with Gasteiger partial charge in [0.15, 0.2) is 0 Å². The third-order valence-corrected chi connectivity index (χ3v) is 3.39. The predicted octanol–water partition coefficient (Wildman–Crippen LogP) is 2.07. The number of benzene rings is 1. The second kappa shape index (κ2) is 6.35. The highest BCUT2D eigenvalue weighted by molar-refractivity contribution is 5.97. The van der Waals surface area contributed by atoms with Gasteiger partial charge in [-0.3, -0.25) is 14.5 Å². The Kier molecular flexibility index (Phi) is 4.52. The van der Waals surface area contributed by atoms with Crippen LogP contribution in [0.4, 0.5) is 0 Å². The number of carboxylic acid groups (broad SMARTS) is 1. The number of carboxylic acids is 1. The molecule has 1 N–H and O–H groups in total. The molecule has 0 radical (unpaired) electrons. The van der Waals surface area contributed by atoms with Crippen LogP contribution in [0.3, 0.4) is 0 Å². The standard InChI is InChI=1S/C16H17NO4/c1-11-8-14(18)17(15(19)9-11)10-13-4-2-12(3-5-13)6-7-16(20)21/h2-7,11H,8-10H2,1H3,(H,20,21). The normalized spacial score (nSPS) is 16.7.